The summed E-state index contributed by atoms with van der Waals surface area (Å²) in [6, 6.07) is 0. The van der Waals surface area contributed by atoms with Crippen LogP contribution in [0.2, 0.25) is 0 Å². The number of hydrogen-bond acceptors (Lipinski definition) is 4. The molecule has 0 heterocycles. The minimum atomic E-state index is -3.39. The highest BCUT2D eigenvalue weighted by atomic mass is 32.2. The molecule has 0 aromatic carbocycles. The van der Waals surface area contributed by atoms with Gasteiger partial charge in [0, 0.05) is 0 Å². The van der Waals surface area contributed by atoms with E-state index in [-0.39, 0.29) is 6.61 Å². The molecule has 5 heteroatoms. The molecule has 0 aliphatic rings. The lowest BCUT2D eigenvalue weighted by atomic mass is 10.3. The minimum absolute atomic E-state index is 0.144. The molecule has 0 amide bonds. The van der Waals surface area contributed by atoms with Crippen molar-refractivity contribution in [2.45, 2.75) is 19.4 Å². The van der Waals surface area contributed by atoms with Crippen molar-refractivity contribution in [2.24, 2.45) is 0 Å². The molecule has 0 saturated carbocycles. The molecule has 1 atom stereocenters. The largest absolute Gasteiger partial charge is 0.391 e. The van der Waals surface area contributed by atoms with Crippen molar-refractivity contribution in [3.63, 3.8) is 0 Å². The van der Waals surface area contributed by atoms with Crippen LogP contribution in [0.4, 0.5) is 0 Å². The minimum Gasteiger partial charge on any atom is -0.391 e. The van der Waals surface area contributed by atoms with Gasteiger partial charge in [0.1, 0.15) is 0 Å². The van der Waals surface area contributed by atoms with Gasteiger partial charge in [0.25, 0.3) is 10.1 Å². The Morgan fingerprint density at radius 2 is 2.10 bits per heavy atom. The van der Waals surface area contributed by atoms with Crippen molar-refractivity contribution < 1.29 is 17.7 Å². The first-order valence-corrected chi connectivity index (χ1v) is 4.80. The maximum Gasteiger partial charge on any atom is 0.264 e. The number of rotatable bonds is 4. The van der Waals surface area contributed by atoms with Crippen LogP contribution in [0.25, 0.3) is 0 Å². The van der Waals surface area contributed by atoms with E-state index in [1.54, 1.807) is 6.92 Å². The van der Waals surface area contributed by atoms with Gasteiger partial charge < -0.3 is 5.11 Å². The monoisotopic (exact) mass is 168 g/mol. The van der Waals surface area contributed by atoms with Crippen LogP contribution >= 0.6 is 0 Å². The summed E-state index contributed by atoms with van der Waals surface area (Å²) in [5.74, 6) is 0. The molecule has 0 fully saturated rings. The molecule has 0 radical (unpaired) electrons. The van der Waals surface area contributed by atoms with Crippen LogP contribution in [-0.4, -0.2) is 32.5 Å². The zero-order valence-corrected chi connectivity index (χ0v) is 6.89. The fraction of sp³-hybridized carbons (Fsp3) is 1.00. The maximum atomic E-state index is 10.3. The Bertz CT molecular complexity index is 172. The first kappa shape index (κ1) is 9.87. The lowest BCUT2D eigenvalue weighted by Crippen LogP contribution is -2.16. The third-order valence-corrected chi connectivity index (χ3v) is 1.51. The fourth-order valence-corrected chi connectivity index (χ4v) is 0.724. The van der Waals surface area contributed by atoms with Crippen LogP contribution in [0.15, 0.2) is 0 Å². The first-order chi connectivity index (χ1) is 4.45. The zero-order valence-electron chi connectivity index (χ0n) is 6.07. The molecule has 0 aromatic heterocycles. The fourth-order valence-electron chi connectivity index (χ4n) is 0.320. The van der Waals surface area contributed by atoms with Crippen molar-refractivity contribution in [1.82, 2.24) is 0 Å². The van der Waals surface area contributed by atoms with Gasteiger partial charge in [-0.05, 0) is 6.42 Å². The average Bonchev–Trinajstić information content (AvgIpc) is 1.81. The smallest absolute Gasteiger partial charge is 0.264 e. The van der Waals surface area contributed by atoms with Crippen LogP contribution in [0, 0.1) is 0 Å². The van der Waals surface area contributed by atoms with E-state index < -0.39 is 16.2 Å². The maximum absolute atomic E-state index is 10.3. The zero-order chi connectivity index (χ0) is 8.20. The lowest BCUT2D eigenvalue weighted by molar-refractivity contribution is 0.108. The summed E-state index contributed by atoms with van der Waals surface area (Å²) >= 11 is 0. The third-order valence-electron chi connectivity index (χ3n) is 0.946. The Labute approximate surface area is 60.9 Å². The molecule has 1 unspecified atom stereocenters. The average molecular weight is 168 g/mol. The van der Waals surface area contributed by atoms with Gasteiger partial charge in [-0.15, -0.1) is 0 Å². The summed E-state index contributed by atoms with van der Waals surface area (Å²) in [5, 5.41) is 8.83. The van der Waals surface area contributed by atoms with E-state index in [0.717, 1.165) is 6.26 Å². The molecule has 4 nitrogen and oxygen atoms in total. The van der Waals surface area contributed by atoms with E-state index >= 15 is 0 Å². The number of aliphatic hydroxyl groups is 1. The Morgan fingerprint density at radius 3 is 2.40 bits per heavy atom. The Morgan fingerprint density at radius 1 is 1.60 bits per heavy atom. The molecule has 1 N–H and O–H groups in total. The predicted molar refractivity (Wildman–Crippen MR) is 37.1 cm³/mol. The summed E-state index contributed by atoms with van der Waals surface area (Å²) in [6.07, 6.45) is 0.764. The van der Waals surface area contributed by atoms with Gasteiger partial charge in [-0.3, -0.25) is 4.18 Å². The third kappa shape index (κ3) is 6.00. The van der Waals surface area contributed by atoms with E-state index in [1.807, 2.05) is 0 Å². The van der Waals surface area contributed by atoms with Crippen molar-refractivity contribution >= 4 is 10.1 Å². The van der Waals surface area contributed by atoms with Gasteiger partial charge >= 0.3 is 0 Å². The first-order valence-electron chi connectivity index (χ1n) is 2.98. The summed E-state index contributed by atoms with van der Waals surface area (Å²) in [6.45, 7) is 1.60. The normalized spacial score (nSPS) is 15.1. The Hall–Kier alpha value is -0.130. The molecule has 0 rings (SSSR count). The summed E-state index contributed by atoms with van der Waals surface area (Å²) < 4.78 is 24.9. The van der Waals surface area contributed by atoms with E-state index in [0.29, 0.717) is 6.42 Å². The van der Waals surface area contributed by atoms with Crippen LogP contribution < -0.4 is 0 Å². The standard InChI is InChI=1S/C5H12O4S/c1-3-5(6)4-9-10(2,7)8/h5-6H,3-4H2,1-2H3. The molecule has 0 saturated heterocycles. The van der Waals surface area contributed by atoms with Gasteiger partial charge in [0.15, 0.2) is 0 Å². The summed E-state index contributed by atoms with van der Waals surface area (Å²) in [5.41, 5.74) is 0. The van der Waals surface area contributed by atoms with Crippen LogP contribution in [-0.2, 0) is 14.3 Å². The van der Waals surface area contributed by atoms with E-state index in [9.17, 15) is 8.42 Å². The van der Waals surface area contributed by atoms with Gasteiger partial charge in [-0.25, -0.2) is 0 Å². The van der Waals surface area contributed by atoms with Gasteiger partial charge in [-0.2, -0.15) is 8.42 Å². The quantitative estimate of drug-likeness (QED) is 0.587. The van der Waals surface area contributed by atoms with Gasteiger partial charge in [0.2, 0.25) is 0 Å². The van der Waals surface area contributed by atoms with Crippen molar-refractivity contribution in [1.29, 1.82) is 0 Å². The second-order valence-corrected chi connectivity index (χ2v) is 3.69. The molecule has 62 valence electrons. The second-order valence-electron chi connectivity index (χ2n) is 2.05. The Kier molecular flexibility index (Phi) is 3.85. The van der Waals surface area contributed by atoms with Crippen molar-refractivity contribution in [3.8, 4) is 0 Å². The summed E-state index contributed by atoms with van der Waals surface area (Å²) in [4.78, 5) is 0. The van der Waals surface area contributed by atoms with E-state index in [1.165, 1.54) is 0 Å². The molecular weight excluding hydrogens is 156 g/mol. The Balaban J connectivity index is 3.56. The molecular formula is C5H12O4S. The van der Waals surface area contributed by atoms with Crippen LogP contribution in [0.3, 0.4) is 0 Å². The predicted octanol–water partition coefficient (Wildman–Crippen LogP) is -0.266. The topological polar surface area (TPSA) is 63.6 Å². The summed E-state index contributed by atoms with van der Waals surface area (Å²) in [7, 11) is -3.39. The SMILES string of the molecule is CCC(O)COS(C)(=O)=O. The van der Waals surface area contributed by atoms with E-state index in [2.05, 4.69) is 4.18 Å². The lowest BCUT2D eigenvalue weighted by Gasteiger charge is -2.05. The van der Waals surface area contributed by atoms with Crippen molar-refractivity contribution in [2.75, 3.05) is 12.9 Å². The molecule has 0 aliphatic carbocycles. The molecule has 0 spiro atoms. The van der Waals surface area contributed by atoms with Gasteiger partial charge in [0.05, 0.1) is 19.0 Å². The van der Waals surface area contributed by atoms with Crippen LogP contribution in [0.1, 0.15) is 13.3 Å². The van der Waals surface area contributed by atoms with Gasteiger partial charge in [-0.1, -0.05) is 6.92 Å². The van der Waals surface area contributed by atoms with E-state index in [4.69, 9.17) is 5.11 Å². The highest BCUT2D eigenvalue weighted by Crippen LogP contribution is 1.94. The highest BCUT2D eigenvalue weighted by molar-refractivity contribution is 7.85. The molecule has 0 bridgehead atoms. The van der Waals surface area contributed by atoms with Crippen molar-refractivity contribution in [3.05, 3.63) is 0 Å². The number of hydrogen-bond donors (Lipinski definition) is 1. The van der Waals surface area contributed by atoms with Crippen LogP contribution in [0.5, 0.6) is 0 Å². The molecule has 0 aliphatic heterocycles. The molecule has 10 heavy (non-hydrogen) atoms. The number of aliphatic hydroxyl groups excluding tert-OH is 1. The second kappa shape index (κ2) is 3.90. The highest BCUT2D eigenvalue weighted by Gasteiger charge is 2.05. The molecule has 0 aromatic rings.